The minimum atomic E-state index is 0.0980. The van der Waals surface area contributed by atoms with Gasteiger partial charge in [0.15, 0.2) is 0 Å². The highest BCUT2D eigenvalue weighted by molar-refractivity contribution is 5.90. The highest BCUT2D eigenvalue weighted by Crippen LogP contribution is 2.16. The van der Waals surface area contributed by atoms with Crippen LogP contribution in [0.15, 0.2) is 24.3 Å². The van der Waals surface area contributed by atoms with Gasteiger partial charge in [-0.2, -0.15) is 0 Å². The Kier molecular flexibility index (Phi) is 6.21. The Hall–Kier alpha value is -1.39. The van der Waals surface area contributed by atoms with Crippen molar-refractivity contribution >= 4 is 11.6 Å². The van der Waals surface area contributed by atoms with Crippen molar-refractivity contribution < 1.29 is 4.79 Å². The zero-order chi connectivity index (χ0) is 15.1. The maximum atomic E-state index is 11.9. The highest BCUT2D eigenvalue weighted by atomic mass is 16.1. The van der Waals surface area contributed by atoms with Gasteiger partial charge in [-0.05, 0) is 62.5 Å². The van der Waals surface area contributed by atoms with E-state index in [2.05, 4.69) is 17.1 Å². The van der Waals surface area contributed by atoms with Gasteiger partial charge in [0.05, 0.1) is 0 Å². The lowest BCUT2D eigenvalue weighted by Crippen LogP contribution is -2.33. The van der Waals surface area contributed by atoms with Gasteiger partial charge < -0.3 is 16.0 Å². The van der Waals surface area contributed by atoms with Gasteiger partial charge in [0.25, 0.3) is 0 Å². The lowest BCUT2D eigenvalue weighted by Gasteiger charge is -2.29. The van der Waals surface area contributed by atoms with E-state index >= 15 is 0 Å². The summed E-state index contributed by atoms with van der Waals surface area (Å²) in [7, 11) is 0. The first-order valence-corrected chi connectivity index (χ1v) is 7.98. The lowest BCUT2D eigenvalue weighted by molar-refractivity contribution is -0.116. The summed E-state index contributed by atoms with van der Waals surface area (Å²) in [6.07, 6.45) is 4.10. The van der Waals surface area contributed by atoms with E-state index in [1.165, 1.54) is 25.9 Å². The summed E-state index contributed by atoms with van der Waals surface area (Å²) in [4.78, 5) is 14.4. The Bertz CT molecular complexity index is 436. The Labute approximate surface area is 127 Å². The van der Waals surface area contributed by atoms with Crippen LogP contribution < -0.4 is 11.1 Å². The number of likely N-dealkylation sites (tertiary alicyclic amines) is 1. The van der Waals surface area contributed by atoms with Gasteiger partial charge in [-0.1, -0.05) is 19.1 Å². The molecular formula is C17H27N3O. The van der Waals surface area contributed by atoms with Gasteiger partial charge in [-0.3, -0.25) is 4.79 Å². The number of rotatable bonds is 6. The molecule has 4 nitrogen and oxygen atoms in total. The van der Waals surface area contributed by atoms with Gasteiger partial charge in [-0.15, -0.1) is 0 Å². The molecule has 0 saturated carbocycles. The molecule has 1 aliphatic heterocycles. The van der Waals surface area contributed by atoms with Crippen LogP contribution in [-0.4, -0.2) is 30.4 Å². The third-order valence-corrected chi connectivity index (χ3v) is 4.23. The highest BCUT2D eigenvalue weighted by Gasteiger charge is 2.15. The predicted octanol–water partition coefficient (Wildman–Crippen LogP) is 2.60. The Morgan fingerprint density at radius 3 is 2.57 bits per heavy atom. The second kappa shape index (κ2) is 8.15. The smallest absolute Gasteiger partial charge is 0.224 e. The van der Waals surface area contributed by atoms with Crippen LogP contribution >= 0.6 is 0 Å². The number of carbonyl (C=O) groups is 1. The Morgan fingerprint density at radius 1 is 1.29 bits per heavy atom. The lowest BCUT2D eigenvalue weighted by atomic mass is 9.99. The second-order valence-corrected chi connectivity index (χ2v) is 6.08. The standard InChI is InChI=1S/C17H27N3O/c1-14-8-11-20(12-9-14)10-2-3-17(21)19-16-6-4-15(13-18)5-7-16/h4-7,14H,2-3,8-13,18H2,1H3,(H,19,21). The molecule has 3 N–H and O–H groups in total. The molecule has 21 heavy (non-hydrogen) atoms. The van der Waals surface area contributed by atoms with E-state index in [1.54, 1.807) is 0 Å². The van der Waals surface area contributed by atoms with E-state index in [9.17, 15) is 4.79 Å². The number of hydrogen-bond donors (Lipinski definition) is 2. The summed E-state index contributed by atoms with van der Waals surface area (Å²) in [6.45, 7) is 6.25. The van der Waals surface area contributed by atoms with Crippen molar-refractivity contribution in [2.24, 2.45) is 11.7 Å². The summed E-state index contributed by atoms with van der Waals surface area (Å²) in [5.74, 6) is 0.960. The third-order valence-electron chi connectivity index (χ3n) is 4.23. The number of anilines is 1. The maximum Gasteiger partial charge on any atom is 0.224 e. The molecule has 1 aromatic rings. The van der Waals surface area contributed by atoms with Crippen molar-refractivity contribution in [1.29, 1.82) is 0 Å². The van der Waals surface area contributed by atoms with E-state index in [4.69, 9.17) is 5.73 Å². The van der Waals surface area contributed by atoms with Crippen LogP contribution in [0.4, 0.5) is 5.69 Å². The minimum absolute atomic E-state index is 0.0980. The number of nitrogens with one attached hydrogen (secondary N) is 1. The number of nitrogens with zero attached hydrogens (tertiary/aromatic N) is 1. The van der Waals surface area contributed by atoms with E-state index in [0.717, 1.165) is 30.1 Å². The number of hydrogen-bond acceptors (Lipinski definition) is 3. The molecule has 4 heteroatoms. The first-order valence-electron chi connectivity index (χ1n) is 7.98. The molecule has 0 radical (unpaired) electrons. The Balaban J connectivity index is 1.65. The molecular weight excluding hydrogens is 262 g/mol. The van der Waals surface area contributed by atoms with Crippen LogP contribution in [0.25, 0.3) is 0 Å². The molecule has 0 unspecified atom stereocenters. The van der Waals surface area contributed by atoms with Crippen LogP contribution in [0.3, 0.4) is 0 Å². The second-order valence-electron chi connectivity index (χ2n) is 6.08. The fraction of sp³-hybridized carbons (Fsp3) is 0.588. The SMILES string of the molecule is CC1CCN(CCCC(=O)Nc2ccc(CN)cc2)CC1. The largest absolute Gasteiger partial charge is 0.326 e. The number of amides is 1. The molecule has 1 saturated heterocycles. The van der Waals surface area contributed by atoms with Crippen LogP contribution in [-0.2, 0) is 11.3 Å². The molecule has 0 atom stereocenters. The van der Waals surface area contributed by atoms with E-state index in [0.29, 0.717) is 13.0 Å². The number of piperidine rings is 1. The van der Waals surface area contributed by atoms with Crippen molar-refractivity contribution in [2.75, 3.05) is 25.0 Å². The number of benzene rings is 1. The van der Waals surface area contributed by atoms with E-state index in [1.807, 2.05) is 24.3 Å². The Morgan fingerprint density at radius 2 is 1.95 bits per heavy atom. The molecule has 1 heterocycles. The van der Waals surface area contributed by atoms with Crippen molar-refractivity contribution in [3.63, 3.8) is 0 Å². The molecule has 0 aliphatic carbocycles. The van der Waals surface area contributed by atoms with Gasteiger partial charge >= 0.3 is 0 Å². The van der Waals surface area contributed by atoms with Gasteiger partial charge in [0.2, 0.25) is 5.91 Å². The normalized spacial score (nSPS) is 16.9. The average Bonchev–Trinajstić information content (AvgIpc) is 2.50. The van der Waals surface area contributed by atoms with Gasteiger partial charge in [-0.25, -0.2) is 0 Å². The molecule has 0 bridgehead atoms. The van der Waals surface area contributed by atoms with Crippen LogP contribution in [0.5, 0.6) is 0 Å². The van der Waals surface area contributed by atoms with Crippen molar-refractivity contribution in [2.45, 2.75) is 39.2 Å². The molecule has 1 aromatic carbocycles. The molecule has 1 aliphatic rings. The molecule has 1 fully saturated rings. The molecule has 2 rings (SSSR count). The van der Waals surface area contributed by atoms with Crippen molar-refractivity contribution in [1.82, 2.24) is 4.90 Å². The van der Waals surface area contributed by atoms with Crippen LogP contribution in [0.1, 0.15) is 38.2 Å². The van der Waals surface area contributed by atoms with Crippen molar-refractivity contribution in [3.05, 3.63) is 29.8 Å². The van der Waals surface area contributed by atoms with Crippen LogP contribution in [0, 0.1) is 5.92 Å². The van der Waals surface area contributed by atoms with Crippen LogP contribution in [0.2, 0.25) is 0 Å². The summed E-state index contributed by atoms with van der Waals surface area (Å²) in [5, 5.41) is 2.94. The monoisotopic (exact) mass is 289 g/mol. The molecule has 116 valence electrons. The first-order chi connectivity index (χ1) is 10.2. The molecule has 1 amide bonds. The van der Waals surface area contributed by atoms with Gasteiger partial charge in [0, 0.05) is 18.7 Å². The fourth-order valence-corrected chi connectivity index (χ4v) is 2.70. The number of nitrogens with two attached hydrogens (primary N) is 1. The molecule has 0 spiro atoms. The quantitative estimate of drug-likeness (QED) is 0.846. The minimum Gasteiger partial charge on any atom is -0.326 e. The van der Waals surface area contributed by atoms with Crippen molar-refractivity contribution in [3.8, 4) is 0 Å². The van der Waals surface area contributed by atoms with Gasteiger partial charge in [0.1, 0.15) is 0 Å². The average molecular weight is 289 g/mol. The topological polar surface area (TPSA) is 58.4 Å². The fourth-order valence-electron chi connectivity index (χ4n) is 2.70. The third kappa shape index (κ3) is 5.48. The summed E-state index contributed by atoms with van der Waals surface area (Å²) in [5.41, 5.74) is 7.48. The molecule has 0 aromatic heterocycles. The summed E-state index contributed by atoms with van der Waals surface area (Å²) in [6, 6.07) is 7.72. The zero-order valence-electron chi connectivity index (χ0n) is 13.0. The maximum absolute atomic E-state index is 11.9. The predicted molar refractivity (Wildman–Crippen MR) is 87.0 cm³/mol. The number of carbonyl (C=O) groups excluding carboxylic acids is 1. The van der Waals surface area contributed by atoms with E-state index < -0.39 is 0 Å². The zero-order valence-corrected chi connectivity index (χ0v) is 13.0. The summed E-state index contributed by atoms with van der Waals surface area (Å²) < 4.78 is 0. The summed E-state index contributed by atoms with van der Waals surface area (Å²) >= 11 is 0. The first kappa shape index (κ1) is 16.0. The van der Waals surface area contributed by atoms with E-state index in [-0.39, 0.29) is 5.91 Å².